The number of hydrogen-bond acceptors (Lipinski definition) is 5. The molecule has 2 N–H and O–H groups in total. The predicted molar refractivity (Wildman–Crippen MR) is 118 cm³/mol. The lowest BCUT2D eigenvalue weighted by molar-refractivity contribution is -0.113. The molecule has 0 atom stereocenters. The topological polar surface area (TPSA) is 92.7 Å². The zero-order valence-electron chi connectivity index (χ0n) is 15.3. The highest BCUT2D eigenvalue weighted by Crippen LogP contribution is 2.20. The maximum absolute atomic E-state index is 12.4. The molecule has 0 aliphatic rings. The molecule has 7 nitrogen and oxygen atoms in total. The molecule has 1 amide bonds. The minimum atomic E-state index is -0.286. The average Bonchev–Trinajstić information content (AvgIpc) is 3.13. The maximum Gasteiger partial charge on any atom is 0.262 e. The minimum Gasteiger partial charge on any atom is -0.325 e. The van der Waals surface area contributed by atoms with Gasteiger partial charge in [0.15, 0.2) is 10.8 Å². The highest BCUT2D eigenvalue weighted by molar-refractivity contribution is 9.10. The van der Waals surface area contributed by atoms with Crippen molar-refractivity contribution >= 4 is 50.3 Å². The van der Waals surface area contributed by atoms with Crippen molar-refractivity contribution < 1.29 is 4.79 Å². The molecule has 0 saturated heterocycles. The second kappa shape index (κ2) is 8.22. The molecule has 0 saturated carbocycles. The van der Waals surface area contributed by atoms with E-state index in [2.05, 4.69) is 36.3 Å². The quantitative estimate of drug-likeness (QED) is 0.341. The normalized spacial score (nSPS) is 11.0. The van der Waals surface area contributed by atoms with Gasteiger partial charge in [-0.1, -0.05) is 45.9 Å². The van der Waals surface area contributed by atoms with E-state index in [4.69, 9.17) is 0 Å². The van der Waals surface area contributed by atoms with Crippen LogP contribution in [-0.4, -0.2) is 31.4 Å². The van der Waals surface area contributed by atoms with Crippen LogP contribution in [0.4, 0.5) is 5.69 Å². The van der Waals surface area contributed by atoms with E-state index in [0.717, 1.165) is 27.5 Å². The summed E-state index contributed by atoms with van der Waals surface area (Å²) in [4.78, 5) is 31.9. The third kappa shape index (κ3) is 4.25. The van der Waals surface area contributed by atoms with Crippen LogP contribution in [0.1, 0.15) is 5.56 Å². The molecule has 0 unspecified atom stereocenters. The summed E-state index contributed by atoms with van der Waals surface area (Å²) in [6, 6.07) is 15.0. The SMILES string of the molecule is Cc1ccccc1-n1ncc2c(=O)[nH]c(SCC(=O)Nc3ccc(Br)cc3)nc21. The number of rotatable bonds is 5. The Morgan fingerprint density at radius 2 is 1.97 bits per heavy atom. The largest absolute Gasteiger partial charge is 0.325 e. The molecule has 2 aromatic carbocycles. The summed E-state index contributed by atoms with van der Waals surface area (Å²) in [7, 11) is 0. The molecular weight excluding hydrogens is 454 g/mol. The minimum absolute atomic E-state index is 0.114. The maximum atomic E-state index is 12.4. The van der Waals surface area contributed by atoms with Crippen molar-refractivity contribution in [3.8, 4) is 5.69 Å². The number of aromatic nitrogens is 4. The number of thioether (sulfide) groups is 1. The van der Waals surface area contributed by atoms with E-state index >= 15 is 0 Å². The van der Waals surface area contributed by atoms with Crippen LogP contribution in [0.5, 0.6) is 0 Å². The van der Waals surface area contributed by atoms with E-state index in [9.17, 15) is 9.59 Å². The fraction of sp³-hybridized carbons (Fsp3) is 0.100. The smallest absolute Gasteiger partial charge is 0.262 e. The number of halogens is 1. The van der Waals surface area contributed by atoms with Crippen LogP contribution in [0.3, 0.4) is 0 Å². The van der Waals surface area contributed by atoms with Gasteiger partial charge in [-0.15, -0.1) is 0 Å². The Morgan fingerprint density at radius 1 is 1.21 bits per heavy atom. The number of carbonyl (C=O) groups is 1. The van der Waals surface area contributed by atoms with Crippen molar-refractivity contribution in [2.24, 2.45) is 0 Å². The summed E-state index contributed by atoms with van der Waals surface area (Å²) >= 11 is 4.52. The Kier molecular flexibility index (Phi) is 5.50. The van der Waals surface area contributed by atoms with Crippen LogP contribution in [0.25, 0.3) is 16.7 Å². The van der Waals surface area contributed by atoms with Crippen molar-refractivity contribution in [3.63, 3.8) is 0 Å². The zero-order valence-corrected chi connectivity index (χ0v) is 17.8. The first-order chi connectivity index (χ1) is 14.0. The number of fused-ring (bicyclic) bond motifs is 1. The summed E-state index contributed by atoms with van der Waals surface area (Å²) in [6.07, 6.45) is 1.50. The average molecular weight is 470 g/mol. The number of para-hydroxylation sites is 1. The van der Waals surface area contributed by atoms with Gasteiger partial charge < -0.3 is 10.3 Å². The zero-order chi connectivity index (χ0) is 20.4. The van der Waals surface area contributed by atoms with Crippen LogP contribution in [0.15, 0.2) is 69.2 Å². The van der Waals surface area contributed by atoms with Crippen LogP contribution in [-0.2, 0) is 4.79 Å². The first-order valence-electron chi connectivity index (χ1n) is 8.73. The Morgan fingerprint density at radius 3 is 2.72 bits per heavy atom. The van der Waals surface area contributed by atoms with E-state index in [1.165, 1.54) is 6.20 Å². The number of amides is 1. The number of benzene rings is 2. The third-order valence-electron chi connectivity index (χ3n) is 4.23. The van der Waals surface area contributed by atoms with Gasteiger partial charge in [0.05, 0.1) is 17.6 Å². The molecule has 2 heterocycles. The lowest BCUT2D eigenvalue weighted by Crippen LogP contribution is -2.15. The van der Waals surface area contributed by atoms with E-state index in [1.807, 2.05) is 43.3 Å². The van der Waals surface area contributed by atoms with Crippen LogP contribution in [0.2, 0.25) is 0 Å². The van der Waals surface area contributed by atoms with E-state index < -0.39 is 0 Å². The lowest BCUT2D eigenvalue weighted by atomic mass is 10.2. The molecule has 0 aliphatic carbocycles. The summed E-state index contributed by atoms with van der Waals surface area (Å²) < 4.78 is 2.58. The number of nitrogens with one attached hydrogen (secondary N) is 2. The standard InChI is InChI=1S/C20H16BrN5O2S/c1-12-4-2-3-5-16(12)26-18-15(10-22-26)19(28)25-20(24-18)29-11-17(27)23-14-8-6-13(21)7-9-14/h2-10H,11H2,1H3,(H,23,27)(H,24,25,28). The predicted octanol–water partition coefficient (Wildman–Crippen LogP) is 3.91. The van der Waals surface area contributed by atoms with E-state index in [1.54, 1.807) is 16.8 Å². The second-order valence-corrected chi connectivity index (χ2v) is 8.17. The molecule has 0 aliphatic heterocycles. The van der Waals surface area contributed by atoms with Gasteiger partial charge in [0.2, 0.25) is 5.91 Å². The van der Waals surface area contributed by atoms with Gasteiger partial charge in [-0.05, 0) is 42.8 Å². The fourth-order valence-electron chi connectivity index (χ4n) is 2.81. The number of hydrogen-bond donors (Lipinski definition) is 2. The number of carbonyl (C=O) groups excluding carboxylic acids is 1. The highest BCUT2D eigenvalue weighted by Gasteiger charge is 2.14. The molecule has 0 spiro atoms. The van der Waals surface area contributed by atoms with Crippen molar-refractivity contribution in [3.05, 3.63) is 75.1 Å². The third-order valence-corrected chi connectivity index (χ3v) is 5.63. The van der Waals surface area contributed by atoms with Crippen molar-refractivity contribution in [2.75, 3.05) is 11.1 Å². The summed E-state index contributed by atoms with van der Waals surface area (Å²) in [5, 5.41) is 7.91. The van der Waals surface area contributed by atoms with Crippen LogP contribution in [0, 0.1) is 6.92 Å². The Bertz CT molecular complexity index is 1250. The van der Waals surface area contributed by atoms with Gasteiger partial charge in [0.1, 0.15) is 5.39 Å². The molecule has 4 aromatic rings. The van der Waals surface area contributed by atoms with E-state index in [0.29, 0.717) is 21.9 Å². The molecule has 29 heavy (non-hydrogen) atoms. The van der Waals surface area contributed by atoms with E-state index in [-0.39, 0.29) is 17.2 Å². The highest BCUT2D eigenvalue weighted by atomic mass is 79.9. The molecule has 4 rings (SSSR count). The van der Waals surface area contributed by atoms with Gasteiger partial charge in [-0.3, -0.25) is 9.59 Å². The van der Waals surface area contributed by atoms with Crippen molar-refractivity contribution in [1.82, 2.24) is 19.7 Å². The van der Waals surface area contributed by atoms with Gasteiger partial charge in [0.25, 0.3) is 5.56 Å². The number of nitrogens with zero attached hydrogens (tertiary/aromatic N) is 3. The Labute approximate surface area is 178 Å². The molecule has 2 aromatic heterocycles. The molecule has 9 heteroatoms. The molecule has 146 valence electrons. The molecule has 0 bridgehead atoms. The molecular formula is C20H16BrN5O2S. The second-order valence-electron chi connectivity index (χ2n) is 6.29. The van der Waals surface area contributed by atoms with Gasteiger partial charge >= 0.3 is 0 Å². The van der Waals surface area contributed by atoms with Crippen LogP contribution < -0.4 is 10.9 Å². The Balaban J connectivity index is 1.56. The van der Waals surface area contributed by atoms with Gasteiger partial charge in [-0.25, -0.2) is 9.67 Å². The Hall–Kier alpha value is -2.91. The van der Waals surface area contributed by atoms with Gasteiger partial charge in [0, 0.05) is 10.2 Å². The van der Waals surface area contributed by atoms with Crippen LogP contribution >= 0.6 is 27.7 Å². The molecule has 0 radical (unpaired) electrons. The number of H-pyrrole nitrogens is 1. The number of anilines is 1. The molecule has 0 fully saturated rings. The number of aryl methyl sites for hydroxylation is 1. The van der Waals surface area contributed by atoms with Gasteiger partial charge in [-0.2, -0.15) is 5.10 Å². The summed E-state index contributed by atoms with van der Waals surface area (Å²) in [5.41, 5.74) is 2.74. The summed E-state index contributed by atoms with van der Waals surface area (Å²) in [5.74, 6) is -0.0734. The summed E-state index contributed by atoms with van der Waals surface area (Å²) in [6.45, 7) is 1.97. The first kappa shape index (κ1) is 19.4. The van der Waals surface area contributed by atoms with Crippen molar-refractivity contribution in [2.45, 2.75) is 12.1 Å². The lowest BCUT2D eigenvalue weighted by Gasteiger charge is -2.07. The monoisotopic (exact) mass is 469 g/mol. The first-order valence-corrected chi connectivity index (χ1v) is 10.5. The fourth-order valence-corrected chi connectivity index (χ4v) is 3.73. The van der Waals surface area contributed by atoms with Crippen molar-refractivity contribution in [1.29, 1.82) is 0 Å². The number of aromatic amines is 1.